The lowest BCUT2D eigenvalue weighted by Gasteiger charge is -2.23. The molecule has 14 heteroatoms. The van der Waals surface area contributed by atoms with E-state index < -0.39 is 32.3 Å². The van der Waals surface area contributed by atoms with Gasteiger partial charge in [0, 0.05) is 28.3 Å². The number of nitrogens with two attached hydrogens (primary N) is 1. The van der Waals surface area contributed by atoms with Crippen molar-refractivity contribution < 1.29 is 36.8 Å². The van der Waals surface area contributed by atoms with Gasteiger partial charge < -0.3 is 25.3 Å². The van der Waals surface area contributed by atoms with Gasteiger partial charge in [-0.15, -0.1) is 0 Å². The van der Waals surface area contributed by atoms with E-state index in [1.807, 2.05) is 42.5 Å². The molecule has 244 valence electrons. The fraction of sp³-hybridized carbons (Fsp3) is 0.176. The maximum Gasteiger partial charge on any atom is 0.296 e. The molecule has 0 bridgehead atoms. The fourth-order valence-corrected chi connectivity index (χ4v) is 6.24. The highest BCUT2D eigenvalue weighted by molar-refractivity contribution is 7.86. The van der Waals surface area contributed by atoms with Crippen LogP contribution < -0.4 is 15.8 Å². The van der Waals surface area contributed by atoms with Crippen molar-refractivity contribution >= 4 is 60.3 Å². The molecule has 0 aliphatic heterocycles. The van der Waals surface area contributed by atoms with Crippen molar-refractivity contribution in [3.8, 4) is 5.75 Å². The van der Waals surface area contributed by atoms with Crippen molar-refractivity contribution in [1.82, 2.24) is 0 Å². The molecule has 0 aromatic heterocycles. The molecule has 48 heavy (non-hydrogen) atoms. The van der Waals surface area contributed by atoms with Gasteiger partial charge in [0.25, 0.3) is 10.1 Å². The lowest BCUT2D eigenvalue weighted by atomic mass is 9.82. The van der Waals surface area contributed by atoms with E-state index in [0.717, 1.165) is 27.6 Å². The van der Waals surface area contributed by atoms with E-state index in [0.29, 0.717) is 44.5 Å². The number of carbonyl (C=O) groups excluding carboxylic acids is 2. The minimum atomic E-state index is -4.85. The topological polar surface area (TPSA) is 203 Å². The van der Waals surface area contributed by atoms with Crippen molar-refractivity contribution in [3.63, 3.8) is 0 Å². The monoisotopic (exact) mass is 667 g/mol. The first-order valence-electron chi connectivity index (χ1n) is 14.8. The van der Waals surface area contributed by atoms with Crippen LogP contribution in [0.25, 0.3) is 32.0 Å². The van der Waals surface area contributed by atoms with Crippen molar-refractivity contribution in [3.05, 3.63) is 112 Å². The average molecular weight is 668 g/mol. The fourth-order valence-electron chi connectivity index (χ4n) is 5.59. The van der Waals surface area contributed by atoms with Crippen LogP contribution in [-0.2, 0) is 19.6 Å². The SMILES string of the molecule is [N-]=[N+]=NCCOCCOCCOc1ccc2cc3ccc(Nc4cc(S(=O)(=O)O)c(N)c5c4C(=O)c4ccccc4C5=O)cc3cc2c1. The molecule has 6 rings (SSSR count). The average Bonchev–Trinajstić information content (AvgIpc) is 3.07. The number of rotatable bonds is 13. The molecule has 1 aliphatic rings. The van der Waals surface area contributed by atoms with Gasteiger partial charge in [0.05, 0.1) is 48.9 Å². The smallest absolute Gasteiger partial charge is 0.296 e. The second-order valence-electron chi connectivity index (χ2n) is 10.8. The summed E-state index contributed by atoms with van der Waals surface area (Å²) in [6.07, 6.45) is 0. The third kappa shape index (κ3) is 6.65. The third-order valence-corrected chi connectivity index (χ3v) is 8.68. The first-order valence-corrected chi connectivity index (χ1v) is 16.3. The second kappa shape index (κ2) is 13.7. The van der Waals surface area contributed by atoms with Gasteiger partial charge in [-0.2, -0.15) is 8.42 Å². The lowest BCUT2D eigenvalue weighted by Crippen LogP contribution is -2.25. The first-order chi connectivity index (χ1) is 23.2. The van der Waals surface area contributed by atoms with Gasteiger partial charge in [0.15, 0.2) is 11.6 Å². The predicted molar refractivity (Wildman–Crippen MR) is 180 cm³/mol. The largest absolute Gasteiger partial charge is 0.491 e. The molecule has 4 N–H and O–H groups in total. The van der Waals surface area contributed by atoms with E-state index in [9.17, 15) is 22.6 Å². The molecule has 5 aromatic rings. The predicted octanol–water partition coefficient (Wildman–Crippen LogP) is 6.06. The van der Waals surface area contributed by atoms with Gasteiger partial charge in [0.2, 0.25) is 0 Å². The summed E-state index contributed by atoms with van der Waals surface area (Å²) in [7, 11) is -4.85. The molecule has 0 unspecified atom stereocenters. The summed E-state index contributed by atoms with van der Waals surface area (Å²) in [6.45, 7) is 2.06. The molecule has 0 atom stereocenters. The summed E-state index contributed by atoms with van der Waals surface area (Å²) in [4.78, 5) is 29.1. The highest BCUT2D eigenvalue weighted by atomic mass is 32.2. The number of benzene rings is 5. The zero-order valence-electron chi connectivity index (χ0n) is 25.4. The Hall–Kier alpha value is -5.50. The lowest BCUT2D eigenvalue weighted by molar-refractivity contribution is 0.0388. The Bertz CT molecular complexity index is 2250. The number of nitrogen functional groups attached to an aromatic ring is 1. The number of nitrogens with one attached hydrogen (secondary N) is 1. The Balaban J connectivity index is 1.24. The molecule has 0 spiro atoms. The van der Waals surface area contributed by atoms with Crippen molar-refractivity contribution in [2.75, 3.05) is 50.6 Å². The Morgan fingerprint density at radius 2 is 1.40 bits per heavy atom. The Morgan fingerprint density at radius 3 is 2.10 bits per heavy atom. The van der Waals surface area contributed by atoms with Gasteiger partial charge in [0.1, 0.15) is 17.3 Å². The van der Waals surface area contributed by atoms with Gasteiger partial charge >= 0.3 is 0 Å². The minimum absolute atomic E-state index is 0.0115. The van der Waals surface area contributed by atoms with Crippen molar-refractivity contribution in [1.29, 1.82) is 0 Å². The van der Waals surface area contributed by atoms with E-state index in [1.54, 1.807) is 18.2 Å². The molecular weight excluding hydrogens is 638 g/mol. The number of ketones is 2. The number of azide groups is 1. The number of hydrogen-bond acceptors (Lipinski definition) is 10. The summed E-state index contributed by atoms with van der Waals surface area (Å²) in [5, 5.41) is 10.1. The zero-order chi connectivity index (χ0) is 33.8. The van der Waals surface area contributed by atoms with Gasteiger partial charge in [-0.25, -0.2) is 0 Å². The van der Waals surface area contributed by atoms with E-state index in [2.05, 4.69) is 15.3 Å². The van der Waals surface area contributed by atoms with E-state index in [-0.39, 0.29) is 34.5 Å². The quantitative estimate of drug-likeness (QED) is 0.0247. The van der Waals surface area contributed by atoms with Gasteiger partial charge in [-0.3, -0.25) is 14.1 Å². The molecule has 0 fully saturated rings. The summed E-state index contributed by atoms with van der Waals surface area (Å²) in [5.74, 6) is -0.467. The molecule has 1 aliphatic carbocycles. The van der Waals surface area contributed by atoms with Crippen molar-refractivity contribution in [2.24, 2.45) is 5.11 Å². The molecule has 0 radical (unpaired) electrons. The van der Waals surface area contributed by atoms with E-state index in [4.69, 9.17) is 25.5 Å². The van der Waals surface area contributed by atoms with Crippen molar-refractivity contribution in [2.45, 2.75) is 4.90 Å². The van der Waals surface area contributed by atoms with Gasteiger partial charge in [-0.1, -0.05) is 41.5 Å². The van der Waals surface area contributed by atoms with Crippen LogP contribution in [0.5, 0.6) is 5.75 Å². The number of ether oxygens (including phenoxy) is 3. The van der Waals surface area contributed by atoms with Crippen LogP contribution >= 0.6 is 0 Å². The third-order valence-electron chi connectivity index (χ3n) is 7.79. The Morgan fingerprint density at radius 1 is 0.771 bits per heavy atom. The zero-order valence-corrected chi connectivity index (χ0v) is 26.2. The van der Waals surface area contributed by atoms with E-state index in [1.165, 1.54) is 12.1 Å². The standard InChI is InChI=1S/C34H29N5O8S/c35-32-29(48(42,43)44)19-28(30-31(32)34(41)27-4-2-1-3-26(27)33(30)40)38-24-7-5-20-15-21-6-8-25(18-23(21)16-22(20)17-24)47-14-13-46-12-11-45-10-9-37-39-36/h1-8,15-19,38H,9-14,35H2,(H,42,43,44). The van der Waals surface area contributed by atoms with Crippen LogP contribution in [0.3, 0.4) is 0 Å². The maximum absolute atomic E-state index is 13.7. The second-order valence-corrected chi connectivity index (χ2v) is 12.2. The first kappa shape index (κ1) is 32.4. The maximum atomic E-state index is 13.7. The number of anilines is 3. The van der Waals surface area contributed by atoms with Crippen LogP contribution in [-0.4, -0.2) is 64.1 Å². The van der Waals surface area contributed by atoms with Crippen LogP contribution in [0.4, 0.5) is 17.1 Å². The highest BCUT2D eigenvalue weighted by Crippen LogP contribution is 2.40. The summed E-state index contributed by atoms with van der Waals surface area (Å²) in [6, 6.07) is 22.5. The molecule has 0 saturated carbocycles. The van der Waals surface area contributed by atoms with Crippen LogP contribution in [0.15, 0.2) is 88.9 Å². The van der Waals surface area contributed by atoms with Gasteiger partial charge in [-0.05, 0) is 69.5 Å². The molecule has 13 nitrogen and oxygen atoms in total. The Kier molecular flexibility index (Phi) is 9.26. The molecular formula is C34H29N5O8S. The van der Waals surface area contributed by atoms with E-state index >= 15 is 0 Å². The number of nitrogens with zero attached hydrogens (tertiary/aromatic N) is 3. The molecule has 0 saturated heterocycles. The molecule has 0 amide bonds. The molecule has 5 aromatic carbocycles. The molecule has 0 heterocycles. The highest BCUT2D eigenvalue weighted by Gasteiger charge is 2.36. The Labute approximate surface area is 274 Å². The minimum Gasteiger partial charge on any atom is -0.491 e. The number of fused-ring (bicyclic) bond motifs is 4. The number of hydrogen-bond donors (Lipinski definition) is 3. The van der Waals surface area contributed by atoms with Crippen LogP contribution in [0, 0.1) is 0 Å². The summed E-state index contributed by atoms with van der Waals surface area (Å²) >= 11 is 0. The van der Waals surface area contributed by atoms with Crippen LogP contribution in [0.1, 0.15) is 31.8 Å². The summed E-state index contributed by atoms with van der Waals surface area (Å²) < 4.78 is 51.2. The normalized spacial score (nSPS) is 12.4. The summed E-state index contributed by atoms with van der Waals surface area (Å²) in [5.41, 5.74) is 14.3. The van der Waals surface area contributed by atoms with Crippen LogP contribution in [0.2, 0.25) is 0 Å². The number of carbonyl (C=O) groups is 2.